The molecule has 6 heteroatoms. The monoisotopic (exact) mass is 418 g/mol. The third-order valence-electron chi connectivity index (χ3n) is 6.57. The van der Waals surface area contributed by atoms with Gasteiger partial charge in [0.25, 0.3) is 0 Å². The quantitative estimate of drug-likeness (QED) is 0.386. The predicted octanol–water partition coefficient (Wildman–Crippen LogP) is 2.95. The Hall–Kier alpha value is -1.47. The van der Waals surface area contributed by atoms with E-state index in [0.29, 0.717) is 26.2 Å². The van der Waals surface area contributed by atoms with Gasteiger partial charge in [0, 0.05) is 40.9 Å². The number of carbonyl (C=O) groups excluding carboxylic acids is 1. The van der Waals surface area contributed by atoms with Gasteiger partial charge in [0.2, 0.25) is 5.91 Å². The van der Waals surface area contributed by atoms with E-state index in [1.54, 1.807) is 26.2 Å². The van der Waals surface area contributed by atoms with Crippen LogP contribution in [0.5, 0.6) is 0 Å². The Kier molecular flexibility index (Phi) is 9.12. The number of likely N-dealkylation sites (tertiary alicyclic amines) is 1. The van der Waals surface area contributed by atoms with Crippen molar-refractivity contribution >= 4 is 5.91 Å². The van der Waals surface area contributed by atoms with Gasteiger partial charge in [-0.25, -0.2) is 0 Å². The fraction of sp³-hybridized carbons (Fsp3) is 0.708. The molecular formula is C24H38N2O4. The highest BCUT2D eigenvalue weighted by molar-refractivity contribution is 5.75. The SMILES string of the molecule is COC(CN(C)C(=O)CCOCCc1cccc(CN2C[C@H]3CCC[C@H]3C2)c1)OC. The maximum Gasteiger partial charge on any atom is 0.224 e. The number of fused-ring (bicyclic) bond motifs is 1. The summed E-state index contributed by atoms with van der Waals surface area (Å²) < 4.78 is 16.0. The molecule has 1 saturated carbocycles. The molecule has 2 atom stereocenters. The normalized spacial score (nSPS) is 21.3. The van der Waals surface area contributed by atoms with Crippen molar-refractivity contribution in [1.29, 1.82) is 0 Å². The van der Waals surface area contributed by atoms with E-state index in [4.69, 9.17) is 14.2 Å². The van der Waals surface area contributed by atoms with E-state index in [9.17, 15) is 4.79 Å². The lowest BCUT2D eigenvalue weighted by atomic mass is 10.0. The zero-order chi connectivity index (χ0) is 21.3. The lowest BCUT2D eigenvalue weighted by Gasteiger charge is -2.22. The first kappa shape index (κ1) is 23.2. The van der Waals surface area contributed by atoms with E-state index < -0.39 is 6.29 Å². The molecule has 1 aromatic carbocycles. The van der Waals surface area contributed by atoms with Crippen LogP contribution in [0.25, 0.3) is 0 Å². The molecule has 0 bridgehead atoms. The number of nitrogens with zero attached hydrogens (tertiary/aromatic N) is 2. The first-order chi connectivity index (χ1) is 14.6. The van der Waals surface area contributed by atoms with Gasteiger partial charge in [0.1, 0.15) is 0 Å². The minimum absolute atomic E-state index is 0.0338. The first-order valence-corrected chi connectivity index (χ1v) is 11.3. The van der Waals surface area contributed by atoms with Crippen LogP contribution in [0.2, 0.25) is 0 Å². The predicted molar refractivity (Wildman–Crippen MR) is 117 cm³/mol. The molecule has 0 N–H and O–H groups in total. The van der Waals surface area contributed by atoms with E-state index in [1.807, 2.05) is 0 Å². The molecule has 0 unspecified atom stereocenters. The number of likely N-dealkylation sites (N-methyl/N-ethyl adjacent to an activating group) is 1. The van der Waals surface area contributed by atoms with Gasteiger partial charge in [-0.15, -0.1) is 0 Å². The van der Waals surface area contributed by atoms with Crippen molar-refractivity contribution in [3.63, 3.8) is 0 Å². The number of hydrogen-bond donors (Lipinski definition) is 0. The van der Waals surface area contributed by atoms with Gasteiger partial charge in [0.15, 0.2) is 6.29 Å². The maximum absolute atomic E-state index is 12.2. The van der Waals surface area contributed by atoms with Crippen LogP contribution in [-0.4, -0.2) is 76.1 Å². The average molecular weight is 419 g/mol. The summed E-state index contributed by atoms with van der Waals surface area (Å²) in [4.78, 5) is 16.4. The van der Waals surface area contributed by atoms with E-state index in [2.05, 4.69) is 29.2 Å². The second-order valence-corrected chi connectivity index (χ2v) is 8.75. The second kappa shape index (κ2) is 11.8. The van der Waals surface area contributed by atoms with E-state index in [-0.39, 0.29) is 5.91 Å². The summed E-state index contributed by atoms with van der Waals surface area (Å²) in [6.07, 6.45) is 5.13. The number of benzene rings is 1. The highest BCUT2D eigenvalue weighted by Gasteiger charge is 2.35. The Morgan fingerprint density at radius 2 is 1.83 bits per heavy atom. The van der Waals surface area contributed by atoms with Crippen molar-refractivity contribution < 1.29 is 19.0 Å². The van der Waals surface area contributed by atoms with E-state index in [0.717, 1.165) is 24.8 Å². The largest absolute Gasteiger partial charge is 0.381 e. The smallest absolute Gasteiger partial charge is 0.224 e. The highest BCUT2D eigenvalue weighted by Crippen LogP contribution is 2.38. The zero-order valence-electron chi connectivity index (χ0n) is 18.8. The van der Waals surface area contributed by atoms with Crippen molar-refractivity contribution in [1.82, 2.24) is 9.80 Å². The third kappa shape index (κ3) is 6.77. The van der Waals surface area contributed by atoms with Crippen molar-refractivity contribution in [2.45, 2.75) is 44.9 Å². The van der Waals surface area contributed by atoms with Gasteiger partial charge in [-0.1, -0.05) is 30.7 Å². The molecule has 3 rings (SSSR count). The van der Waals surface area contributed by atoms with Gasteiger partial charge in [-0.05, 0) is 42.2 Å². The molecule has 1 amide bonds. The number of hydrogen-bond acceptors (Lipinski definition) is 5. The third-order valence-corrected chi connectivity index (χ3v) is 6.57. The summed E-state index contributed by atoms with van der Waals surface area (Å²) >= 11 is 0. The molecular weight excluding hydrogens is 380 g/mol. The fourth-order valence-electron chi connectivity index (χ4n) is 4.82. The van der Waals surface area contributed by atoms with Crippen molar-refractivity contribution in [2.24, 2.45) is 11.8 Å². The van der Waals surface area contributed by atoms with Gasteiger partial charge in [0.05, 0.1) is 26.2 Å². The van der Waals surface area contributed by atoms with Crippen LogP contribution in [0.3, 0.4) is 0 Å². The Bertz CT molecular complexity index is 652. The second-order valence-electron chi connectivity index (χ2n) is 8.75. The number of rotatable bonds is 12. The summed E-state index contributed by atoms with van der Waals surface area (Å²) in [5.41, 5.74) is 2.70. The van der Waals surface area contributed by atoms with Gasteiger partial charge >= 0.3 is 0 Å². The number of amides is 1. The van der Waals surface area contributed by atoms with Crippen molar-refractivity contribution in [3.8, 4) is 0 Å². The van der Waals surface area contributed by atoms with Crippen LogP contribution in [0.4, 0.5) is 0 Å². The van der Waals surface area contributed by atoms with Gasteiger partial charge in [-0.3, -0.25) is 9.69 Å². The van der Waals surface area contributed by atoms with Crippen LogP contribution in [-0.2, 0) is 32.0 Å². The Morgan fingerprint density at radius 3 is 2.53 bits per heavy atom. The average Bonchev–Trinajstić information content (AvgIpc) is 3.33. The van der Waals surface area contributed by atoms with Crippen molar-refractivity contribution in [2.75, 3.05) is 54.1 Å². The maximum atomic E-state index is 12.2. The van der Waals surface area contributed by atoms with Crippen LogP contribution < -0.4 is 0 Å². The summed E-state index contributed by atoms with van der Waals surface area (Å²) in [7, 11) is 4.90. The number of ether oxygens (including phenoxy) is 3. The molecule has 0 spiro atoms. The topological polar surface area (TPSA) is 51.2 Å². The van der Waals surface area contributed by atoms with Crippen LogP contribution in [0.15, 0.2) is 24.3 Å². The summed E-state index contributed by atoms with van der Waals surface area (Å²) in [5, 5.41) is 0. The highest BCUT2D eigenvalue weighted by atomic mass is 16.7. The molecule has 0 radical (unpaired) electrons. The van der Waals surface area contributed by atoms with Crippen LogP contribution in [0.1, 0.15) is 36.8 Å². The van der Waals surface area contributed by atoms with Crippen LogP contribution >= 0.6 is 0 Å². The summed E-state index contributed by atoms with van der Waals surface area (Å²) in [5.74, 6) is 1.92. The van der Waals surface area contributed by atoms with E-state index in [1.165, 1.54) is 43.5 Å². The first-order valence-electron chi connectivity index (χ1n) is 11.3. The number of carbonyl (C=O) groups is 1. The molecule has 1 aliphatic carbocycles. The summed E-state index contributed by atoms with van der Waals surface area (Å²) in [6.45, 7) is 5.09. The molecule has 168 valence electrons. The Balaban J connectivity index is 1.32. The Labute approximate surface area is 181 Å². The summed E-state index contributed by atoms with van der Waals surface area (Å²) in [6, 6.07) is 8.87. The molecule has 2 fully saturated rings. The fourth-order valence-corrected chi connectivity index (χ4v) is 4.82. The zero-order valence-corrected chi connectivity index (χ0v) is 18.8. The molecule has 1 heterocycles. The number of methoxy groups -OCH3 is 2. The molecule has 30 heavy (non-hydrogen) atoms. The molecule has 0 aromatic heterocycles. The molecule has 2 aliphatic rings. The molecule has 1 aromatic rings. The lowest BCUT2D eigenvalue weighted by molar-refractivity contribution is -0.143. The van der Waals surface area contributed by atoms with Gasteiger partial charge in [-0.2, -0.15) is 0 Å². The lowest BCUT2D eigenvalue weighted by Crippen LogP contribution is -2.36. The molecule has 1 aliphatic heterocycles. The van der Waals surface area contributed by atoms with Crippen molar-refractivity contribution in [3.05, 3.63) is 35.4 Å². The minimum atomic E-state index is -0.396. The van der Waals surface area contributed by atoms with Crippen LogP contribution in [0, 0.1) is 11.8 Å². The minimum Gasteiger partial charge on any atom is -0.381 e. The Morgan fingerprint density at radius 1 is 1.13 bits per heavy atom. The van der Waals surface area contributed by atoms with Gasteiger partial charge < -0.3 is 19.1 Å². The van der Waals surface area contributed by atoms with E-state index >= 15 is 0 Å². The standard InChI is InChI=1S/C24H38N2O4/c1-25(18-24(28-2)29-3)23(27)11-13-30-12-10-19-6-4-7-20(14-19)15-26-16-21-8-5-9-22(21)17-26/h4,6-7,14,21-22,24H,5,8-13,15-18H2,1-3H3/t21-,22+. The molecule has 6 nitrogen and oxygen atoms in total. The molecule has 1 saturated heterocycles.